The van der Waals surface area contributed by atoms with E-state index in [1.807, 2.05) is 48.3 Å². The predicted molar refractivity (Wildman–Crippen MR) is 110 cm³/mol. The van der Waals surface area contributed by atoms with Crippen LogP contribution >= 0.6 is 0 Å². The lowest BCUT2D eigenvalue weighted by Gasteiger charge is -2.22. The molecule has 2 aromatic rings. The highest BCUT2D eigenvalue weighted by molar-refractivity contribution is 5.95. The first-order valence-electron chi connectivity index (χ1n) is 10.0. The van der Waals surface area contributed by atoms with Gasteiger partial charge in [-0.05, 0) is 74.3 Å². The average Bonchev–Trinajstić information content (AvgIpc) is 2.97. The van der Waals surface area contributed by atoms with Gasteiger partial charge in [-0.1, -0.05) is 37.1 Å². The Balaban J connectivity index is 1.56. The Bertz CT molecular complexity index is 734. The minimum absolute atomic E-state index is 0.0616. The number of aromatic hydroxyl groups is 1. The van der Waals surface area contributed by atoms with Gasteiger partial charge < -0.3 is 14.9 Å². The second-order valence-electron chi connectivity index (χ2n) is 7.46. The van der Waals surface area contributed by atoms with Crippen molar-refractivity contribution in [3.63, 3.8) is 0 Å². The number of rotatable bonds is 6. The van der Waals surface area contributed by atoms with E-state index < -0.39 is 0 Å². The lowest BCUT2D eigenvalue weighted by molar-refractivity contribution is 0.0788. The van der Waals surface area contributed by atoms with Gasteiger partial charge in [-0.2, -0.15) is 0 Å². The van der Waals surface area contributed by atoms with Crippen LogP contribution in [0, 0.1) is 0 Å². The van der Waals surface area contributed by atoms with Gasteiger partial charge in [0.05, 0.1) is 0 Å². The largest absolute Gasteiger partial charge is 0.508 e. The molecule has 3 rings (SSSR count). The van der Waals surface area contributed by atoms with E-state index in [1.54, 1.807) is 12.1 Å². The Hall–Kier alpha value is -2.33. The van der Waals surface area contributed by atoms with Crippen LogP contribution in [0.15, 0.2) is 48.5 Å². The van der Waals surface area contributed by atoms with Crippen LogP contribution in [0.3, 0.4) is 0 Å². The number of amides is 1. The summed E-state index contributed by atoms with van der Waals surface area (Å²) in [5.74, 6) is 0.307. The SMILES string of the molecule is CN(CCCN1CCCCCC1)C(=O)c1cccc(-c2ccc(O)cc2)c1. The van der Waals surface area contributed by atoms with Gasteiger partial charge in [0, 0.05) is 19.2 Å². The van der Waals surface area contributed by atoms with E-state index in [9.17, 15) is 9.90 Å². The first-order chi connectivity index (χ1) is 13.1. The standard InChI is InChI=1S/C23H30N2O2/c1-24(14-7-17-25-15-4-2-3-5-16-25)23(27)21-9-6-8-20(18-21)19-10-12-22(26)13-11-19/h6,8-13,18,26H,2-5,7,14-17H2,1H3. The van der Waals surface area contributed by atoms with Gasteiger partial charge in [0.25, 0.3) is 5.91 Å². The van der Waals surface area contributed by atoms with Gasteiger partial charge in [0.2, 0.25) is 0 Å². The highest BCUT2D eigenvalue weighted by Crippen LogP contribution is 2.23. The molecule has 4 nitrogen and oxygen atoms in total. The highest BCUT2D eigenvalue weighted by Gasteiger charge is 2.14. The van der Waals surface area contributed by atoms with Crippen molar-refractivity contribution in [2.24, 2.45) is 0 Å². The fourth-order valence-corrected chi connectivity index (χ4v) is 3.70. The molecule has 4 heteroatoms. The Labute approximate surface area is 162 Å². The minimum Gasteiger partial charge on any atom is -0.508 e. The van der Waals surface area contributed by atoms with Crippen molar-refractivity contribution in [1.29, 1.82) is 0 Å². The summed E-state index contributed by atoms with van der Waals surface area (Å²) in [6.45, 7) is 4.25. The molecule has 0 spiro atoms. The van der Waals surface area contributed by atoms with Crippen LogP contribution in [-0.4, -0.2) is 54.0 Å². The summed E-state index contributed by atoms with van der Waals surface area (Å²) in [6.07, 6.45) is 6.33. The molecule has 2 aromatic carbocycles. The molecule has 0 aliphatic carbocycles. The molecule has 1 fully saturated rings. The van der Waals surface area contributed by atoms with Crippen LogP contribution in [0.5, 0.6) is 5.75 Å². The lowest BCUT2D eigenvalue weighted by atomic mass is 10.0. The fourth-order valence-electron chi connectivity index (χ4n) is 3.70. The summed E-state index contributed by atoms with van der Waals surface area (Å²) in [4.78, 5) is 17.2. The van der Waals surface area contributed by atoms with E-state index in [0.717, 1.165) is 30.6 Å². The molecule has 144 valence electrons. The average molecular weight is 367 g/mol. The molecule has 0 radical (unpaired) electrons. The fraction of sp³-hybridized carbons (Fsp3) is 0.435. The zero-order chi connectivity index (χ0) is 19.1. The predicted octanol–water partition coefficient (Wildman–Crippen LogP) is 4.40. The van der Waals surface area contributed by atoms with E-state index in [2.05, 4.69) is 4.90 Å². The van der Waals surface area contributed by atoms with Gasteiger partial charge in [0.15, 0.2) is 0 Å². The second kappa shape index (κ2) is 9.56. The summed E-state index contributed by atoms with van der Waals surface area (Å²) >= 11 is 0. The Morgan fingerprint density at radius 1 is 1.00 bits per heavy atom. The van der Waals surface area contributed by atoms with Crippen molar-refractivity contribution in [1.82, 2.24) is 9.80 Å². The molecule has 27 heavy (non-hydrogen) atoms. The third-order valence-electron chi connectivity index (χ3n) is 5.32. The maximum atomic E-state index is 12.8. The maximum Gasteiger partial charge on any atom is 0.253 e. The van der Waals surface area contributed by atoms with Crippen molar-refractivity contribution >= 4 is 5.91 Å². The quantitative estimate of drug-likeness (QED) is 0.824. The molecule has 1 heterocycles. The van der Waals surface area contributed by atoms with Crippen molar-refractivity contribution in [2.45, 2.75) is 32.1 Å². The van der Waals surface area contributed by atoms with Crippen LogP contribution in [0.1, 0.15) is 42.5 Å². The van der Waals surface area contributed by atoms with Gasteiger partial charge in [-0.25, -0.2) is 0 Å². The number of phenols is 1. The molecular formula is C23H30N2O2. The second-order valence-corrected chi connectivity index (χ2v) is 7.46. The molecule has 1 aliphatic rings. The molecule has 0 atom stereocenters. The van der Waals surface area contributed by atoms with Crippen molar-refractivity contribution < 1.29 is 9.90 Å². The van der Waals surface area contributed by atoms with Crippen LogP contribution in [0.4, 0.5) is 0 Å². The number of nitrogens with zero attached hydrogens (tertiary/aromatic N) is 2. The maximum absolute atomic E-state index is 12.8. The number of likely N-dealkylation sites (tertiary alicyclic amines) is 1. The van der Waals surface area contributed by atoms with Crippen molar-refractivity contribution in [3.05, 3.63) is 54.1 Å². The zero-order valence-electron chi connectivity index (χ0n) is 16.2. The first-order valence-corrected chi connectivity index (χ1v) is 10.0. The van der Waals surface area contributed by atoms with Crippen LogP contribution < -0.4 is 0 Å². The highest BCUT2D eigenvalue weighted by atomic mass is 16.3. The summed E-state index contributed by atoms with van der Waals surface area (Å²) in [5, 5.41) is 9.45. The Morgan fingerprint density at radius 2 is 1.70 bits per heavy atom. The van der Waals surface area contributed by atoms with Gasteiger partial charge in [-0.3, -0.25) is 4.79 Å². The molecule has 0 saturated carbocycles. The molecule has 1 aliphatic heterocycles. The van der Waals surface area contributed by atoms with E-state index in [0.29, 0.717) is 5.56 Å². The summed E-state index contributed by atoms with van der Waals surface area (Å²) in [6, 6.07) is 14.8. The van der Waals surface area contributed by atoms with Crippen LogP contribution in [0.2, 0.25) is 0 Å². The van der Waals surface area contributed by atoms with Crippen molar-refractivity contribution in [3.8, 4) is 16.9 Å². The number of benzene rings is 2. The minimum atomic E-state index is 0.0616. The third kappa shape index (κ3) is 5.57. The van der Waals surface area contributed by atoms with E-state index in [1.165, 1.54) is 38.8 Å². The number of hydrogen-bond donors (Lipinski definition) is 1. The smallest absolute Gasteiger partial charge is 0.253 e. The van der Waals surface area contributed by atoms with E-state index in [-0.39, 0.29) is 11.7 Å². The monoisotopic (exact) mass is 366 g/mol. The van der Waals surface area contributed by atoms with Crippen molar-refractivity contribution in [2.75, 3.05) is 33.2 Å². The summed E-state index contributed by atoms with van der Waals surface area (Å²) < 4.78 is 0. The molecule has 1 N–H and O–H groups in total. The Morgan fingerprint density at radius 3 is 2.41 bits per heavy atom. The number of phenolic OH excluding ortho intramolecular Hbond substituents is 1. The molecule has 1 amide bonds. The topological polar surface area (TPSA) is 43.8 Å². The van der Waals surface area contributed by atoms with Gasteiger partial charge in [-0.15, -0.1) is 0 Å². The molecule has 0 bridgehead atoms. The molecule has 0 aromatic heterocycles. The molecule has 0 unspecified atom stereocenters. The van der Waals surface area contributed by atoms with Crippen LogP contribution in [0.25, 0.3) is 11.1 Å². The van der Waals surface area contributed by atoms with Crippen LogP contribution in [-0.2, 0) is 0 Å². The summed E-state index contributed by atoms with van der Waals surface area (Å²) in [7, 11) is 1.89. The molecular weight excluding hydrogens is 336 g/mol. The Kier molecular flexibility index (Phi) is 6.88. The van der Waals surface area contributed by atoms with E-state index >= 15 is 0 Å². The molecule has 1 saturated heterocycles. The zero-order valence-corrected chi connectivity index (χ0v) is 16.2. The number of hydrogen-bond acceptors (Lipinski definition) is 3. The normalized spacial score (nSPS) is 15.3. The number of carbonyl (C=O) groups is 1. The van der Waals surface area contributed by atoms with E-state index in [4.69, 9.17) is 0 Å². The lowest BCUT2D eigenvalue weighted by Crippen LogP contribution is -2.32. The van der Waals surface area contributed by atoms with Gasteiger partial charge in [0.1, 0.15) is 5.75 Å². The van der Waals surface area contributed by atoms with Gasteiger partial charge >= 0.3 is 0 Å². The number of carbonyl (C=O) groups excluding carboxylic acids is 1. The first kappa shape index (κ1) is 19.4. The summed E-state index contributed by atoms with van der Waals surface area (Å²) in [5.41, 5.74) is 2.68. The third-order valence-corrected chi connectivity index (χ3v) is 5.32.